The van der Waals surface area contributed by atoms with Crippen molar-refractivity contribution in [2.24, 2.45) is 0 Å². The molecule has 3 nitrogen and oxygen atoms in total. The topological polar surface area (TPSA) is 29.5 Å². The third-order valence-corrected chi connectivity index (χ3v) is 4.32. The van der Waals surface area contributed by atoms with Gasteiger partial charge in [0, 0.05) is 18.8 Å². The standard InChI is InChI=1S/C19H20FNO2/c1-23-19(22)18(15-5-4-6-16(20)13-15)14-7-9-17(10-8-14)21-11-2-3-12-21/h4-10,13,18H,2-3,11-12H2,1H3. The van der Waals surface area contributed by atoms with Gasteiger partial charge in [-0.3, -0.25) is 4.79 Å². The smallest absolute Gasteiger partial charge is 0.317 e. The summed E-state index contributed by atoms with van der Waals surface area (Å²) in [5.74, 6) is -1.35. The van der Waals surface area contributed by atoms with E-state index in [-0.39, 0.29) is 11.8 Å². The third kappa shape index (κ3) is 3.36. The maximum Gasteiger partial charge on any atom is 0.317 e. The summed E-state index contributed by atoms with van der Waals surface area (Å²) in [6, 6.07) is 14.0. The molecule has 0 aliphatic carbocycles. The Morgan fingerprint density at radius 2 is 1.78 bits per heavy atom. The summed E-state index contributed by atoms with van der Waals surface area (Å²) in [5, 5.41) is 0. The molecule has 4 heteroatoms. The minimum atomic E-state index is -0.608. The first-order valence-electron chi connectivity index (χ1n) is 7.87. The van der Waals surface area contributed by atoms with Crippen molar-refractivity contribution in [1.29, 1.82) is 0 Å². The highest BCUT2D eigenvalue weighted by molar-refractivity contribution is 5.82. The highest BCUT2D eigenvalue weighted by Crippen LogP contribution is 2.29. The van der Waals surface area contributed by atoms with Crippen LogP contribution in [0.4, 0.5) is 10.1 Å². The lowest BCUT2D eigenvalue weighted by Crippen LogP contribution is -2.18. The summed E-state index contributed by atoms with van der Waals surface area (Å²) < 4.78 is 18.4. The number of esters is 1. The lowest BCUT2D eigenvalue weighted by molar-refractivity contribution is -0.141. The molecule has 0 radical (unpaired) electrons. The van der Waals surface area contributed by atoms with E-state index in [1.165, 1.54) is 32.1 Å². The SMILES string of the molecule is COC(=O)C(c1ccc(N2CCCC2)cc1)c1cccc(F)c1. The Bertz CT molecular complexity index is 678. The molecule has 0 spiro atoms. The lowest BCUT2D eigenvalue weighted by atomic mass is 9.91. The van der Waals surface area contributed by atoms with Crippen molar-refractivity contribution >= 4 is 11.7 Å². The molecule has 0 bridgehead atoms. The Morgan fingerprint density at radius 1 is 1.09 bits per heavy atom. The summed E-state index contributed by atoms with van der Waals surface area (Å²) in [6.45, 7) is 2.15. The molecule has 1 aliphatic rings. The molecule has 1 atom stereocenters. The van der Waals surface area contributed by atoms with Crippen molar-refractivity contribution in [3.8, 4) is 0 Å². The van der Waals surface area contributed by atoms with E-state index < -0.39 is 5.92 Å². The van der Waals surface area contributed by atoms with Gasteiger partial charge < -0.3 is 9.64 Å². The Morgan fingerprint density at radius 3 is 2.39 bits per heavy atom. The number of hydrogen-bond acceptors (Lipinski definition) is 3. The van der Waals surface area contributed by atoms with E-state index in [9.17, 15) is 9.18 Å². The number of rotatable bonds is 4. The molecule has 1 saturated heterocycles. The molecule has 0 aromatic heterocycles. The molecule has 1 aliphatic heterocycles. The number of carbonyl (C=O) groups is 1. The highest BCUT2D eigenvalue weighted by atomic mass is 19.1. The Labute approximate surface area is 135 Å². The maximum atomic E-state index is 13.5. The summed E-state index contributed by atoms with van der Waals surface area (Å²) in [4.78, 5) is 14.5. The van der Waals surface area contributed by atoms with Crippen LogP contribution in [0.15, 0.2) is 48.5 Å². The normalized spacial score (nSPS) is 15.5. The zero-order chi connectivity index (χ0) is 16.2. The van der Waals surface area contributed by atoms with Gasteiger partial charge in [0.15, 0.2) is 0 Å². The van der Waals surface area contributed by atoms with Gasteiger partial charge in [0.1, 0.15) is 11.7 Å². The van der Waals surface area contributed by atoms with Crippen LogP contribution >= 0.6 is 0 Å². The van der Waals surface area contributed by atoms with Gasteiger partial charge >= 0.3 is 5.97 Å². The fraction of sp³-hybridized carbons (Fsp3) is 0.316. The number of ether oxygens (including phenoxy) is 1. The maximum absolute atomic E-state index is 13.5. The molecule has 1 fully saturated rings. The van der Waals surface area contributed by atoms with Gasteiger partial charge in [0.05, 0.1) is 7.11 Å². The van der Waals surface area contributed by atoms with Gasteiger partial charge in [-0.15, -0.1) is 0 Å². The molecule has 120 valence electrons. The monoisotopic (exact) mass is 313 g/mol. The fourth-order valence-electron chi connectivity index (χ4n) is 3.12. The van der Waals surface area contributed by atoms with E-state index in [0.29, 0.717) is 5.56 Å². The first-order valence-corrected chi connectivity index (χ1v) is 7.87. The van der Waals surface area contributed by atoms with Gasteiger partial charge in [-0.1, -0.05) is 24.3 Å². The second-order valence-corrected chi connectivity index (χ2v) is 5.80. The number of anilines is 1. The van der Waals surface area contributed by atoms with Crippen LogP contribution in [0.5, 0.6) is 0 Å². The van der Waals surface area contributed by atoms with E-state index >= 15 is 0 Å². The van der Waals surface area contributed by atoms with Crippen LogP contribution in [0.2, 0.25) is 0 Å². The van der Waals surface area contributed by atoms with E-state index in [2.05, 4.69) is 4.90 Å². The van der Waals surface area contributed by atoms with E-state index in [1.807, 2.05) is 24.3 Å². The first-order chi connectivity index (χ1) is 11.2. The fourth-order valence-corrected chi connectivity index (χ4v) is 3.12. The number of nitrogens with zero attached hydrogens (tertiary/aromatic N) is 1. The molecule has 0 N–H and O–H groups in total. The quantitative estimate of drug-likeness (QED) is 0.806. The molecule has 0 saturated carbocycles. The summed E-state index contributed by atoms with van der Waals surface area (Å²) in [5.41, 5.74) is 2.57. The molecular formula is C19H20FNO2. The Hall–Kier alpha value is -2.36. The molecule has 3 rings (SSSR count). The largest absolute Gasteiger partial charge is 0.468 e. The minimum absolute atomic E-state index is 0.356. The van der Waals surface area contributed by atoms with Crippen molar-refractivity contribution in [2.45, 2.75) is 18.8 Å². The van der Waals surface area contributed by atoms with Gasteiger partial charge in [0.2, 0.25) is 0 Å². The van der Waals surface area contributed by atoms with Crippen LogP contribution in [0.1, 0.15) is 29.9 Å². The number of halogens is 1. The molecular weight excluding hydrogens is 293 g/mol. The zero-order valence-electron chi connectivity index (χ0n) is 13.2. The predicted molar refractivity (Wildman–Crippen MR) is 88.1 cm³/mol. The molecule has 23 heavy (non-hydrogen) atoms. The van der Waals surface area contributed by atoms with Crippen LogP contribution in [0.25, 0.3) is 0 Å². The van der Waals surface area contributed by atoms with Crippen molar-refractivity contribution in [2.75, 3.05) is 25.1 Å². The second kappa shape index (κ2) is 6.82. The lowest BCUT2D eigenvalue weighted by Gasteiger charge is -2.20. The predicted octanol–water partition coefficient (Wildman–Crippen LogP) is 3.73. The summed E-state index contributed by atoms with van der Waals surface area (Å²) in [7, 11) is 1.35. The molecule has 1 unspecified atom stereocenters. The van der Waals surface area contributed by atoms with Crippen molar-refractivity contribution in [1.82, 2.24) is 0 Å². The van der Waals surface area contributed by atoms with Crippen LogP contribution in [-0.2, 0) is 9.53 Å². The molecule has 0 amide bonds. The van der Waals surface area contributed by atoms with Crippen LogP contribution in [0.3, 0.4) is 0 Å². The van der Waals surface area contributed by atoms with E-state index in [4.69, 9.17) is 4.74 Å². The number of hydrogen-bond donors (Lipinski definition) is 0. The van der Waals surface area contributed by atoms with Crippen molar-refractivity contribution in [3.63, 3.8) is 0 Å². The third-order valence-electron chi connectivity index (χ3n) is 4.32. The van der Waals surface area contributed by atoms with E-state index in [0.717, 1.165) is 24.3 Å². The second-order valence-electron chi connectivity index (χ2n) is 5.80. The summed E-state index contributed by atoms with van der Waals surface area (Å²) in [6.07, 6.45) is 2.44. The van der Waals surface area contributed by atoms with Gasteiger partial charge in [-0.05, 0) is 48.2 Å². The highest BCUT2D eigenvalue weighted by Gasteiger charge is 2.24. The zero-order valence-corrected chi connectivity index (χ0v) is 13.2. The molecule has 1 heterocycles. The number of methoxy groups -OCH3 is 1. The van der Waals surface area contributed by atoms with Crippen LogP contribution in [-0.4, -0.2) is 26.2 Å². The van der Waals surface area contributed by atoms with Gasteiger partial charge in [-0.25, -0.2) is 4.39 Å². The minimum Gasteiger partial charge on any atom is -0.468 e. The molecule has 2 aromatic rings. The Balaban J connectivity index is 1.92. The van der Waals surface area contributed by atoms with Crippen molar-refractivity contribution in [3.05, 3.63) is 65.5 Å². The van der Waals surface area contributed by atoms with Gasteiger partial charge in [0.25, 0.3) is 0 Å². The average Bonchev–Trinajstić information content (AvgIpc) is 3.10. The number of carbonyl (C=O) groups excluding carboxylic acids is 1. The van der Waals surface area contributed by atoms with Gasteiger partial charge in [-0.2, -0.15) is 0 Å². The van der Waals surface area contributed by atoms with E-state index in [1.54, 1.807) is 12.1 Å². The van der Waals surface area contributed by atoms with Crippen LogP contribution < -0.4 is 4.90 Å². The first kappa shape index (κ1) is 15.5. The van der Waals surface area contributed by atoms with Crippen LogP contribution in [0, 0.1) is 5.82 Å². The average molecular weight is 313 g/mol. The Kier molecular flexibility index (Phi) is 4.60. The van der Waals surface area contributed by atoms with Crippen molar-refractivity contribution < 1.29 is 13.9 Å². The summed E-state index contributed by atoms with van der Waals surface area (Å²) >= 11 is 0. The number of benzene rings is 2. The molecule has 2 aromatic carbocycles.